The van der Waals surface area contributed by atoms with Crippen LogP contribution in [0.25, 0.3) is 0 Å². The van der Waals surface area contributed by atoms with Crippen molar-refractivity contribution in [1.82, 2.24) is 19.5 Å². The van der Waals surface area contributed by atoms with E-state index in [4.69, 9.17) is 5.73 Å². The van der Waals surface area contributed by atoms with Crippen LogP contribution in [0.1, 0.15) is 47.5 Å². The van der Waals surface area contributed by atoms with Crippen molar-refractivity contribution in [3.63, 3.8) is 0 Å². The van der Waals surface area contributed by atoms with E-state index in [0.29, 0.717) is 43.1 Å². The van der Waals surface area contributed by atoms with Gasteiger partial charge in [-0.3, -0.25) is 9.69 Å². The van der Waals surface area contributed by atoms with Crippen LogP contribution in [0.4, 0.5) is 19.7 Å². The number of nitrogen functional groups attached to an aromatic ring is 1. The normalized spacial score (nSPS) is 21.2. The second-order valence-electron chi connectivity index (χ2n) is 10.8. The van der Waals surface area contributed by atoms with E-state index in [0.717, 1.165) is 48.7 Å². The maximum absolute atomic E-state index is 14.1. The van der Waals surface area contributed by atoms with Crippen molar-refractivity contribution in [3.8, 4) is 0 Å². The fourth-order valence-electron chi connectivity index (χ4n) is 5.54. The molecule has 13 heteroatoms. The predicted molar refractivity (Wildman–Crippen MR) is 155 cm³/mol. The minimum atomic E-state index is -3.65. The number of thiazole rings is 1. The van der Waals surface area contributed by atoms with E-state index in [1.807, 2.05) is 12.1 Å². The number of benzene rings is 2. The summed E-state index contributed by atoms with van der Waals surface area (Å²) in [5, 5.41) is 7.06. The van der Waals surface area contributed by atoms with Crippen LogP contribution in [-0.4, -0.2) is 72.7 Å². The Bertz CT molecular complexity index is 1480. The second-order valence-corrected chi connectivity index (χ2v) is 13.7. The molecule has 3 heterocycles. The molecule has 2 fully saturated rings. The summed E-state index contributed by atoms with van der Waals surface area (Å²) in [5.74, 6) is -2.92. The third-order valence-electron chi connectivity index (χ3n) is 7.43. The molecule has 0 amide bonds. The number of hydrogen-bond donors (Lipinski definition) is 3. The molecule has 2 aliphatic rings. The van der Waals surface area contributed by atoms with Crippen molar-refractivity contribution in [3.05, 3.63) is 70.1 Å². The molecule has 0 spiro atoms. The Labute approximate surface area is 242 Å². The highest BCUT2D eigenvalue weighted by Crippen LogP contribution is 2.31. The summed E-state index contributed by atoms with van der Waals surface area (Å²) in [5.41, 5.74) is 6.31. The largest absolute Gasteiger partial charge is 0.382 e. The first-order chi connectivity index (χ1) is 19.5. The molecular weight excluding hydrogens is 570 g/mol. The first-order valence-electron chi connectivity index (χ1n) is 13.6. The topological polar surface area (TPSA) is 121 Å². The molecule has 0 radical (unpaired) electrons. The van der Waals surface area contributed by atoms with Crippen LogP contribution in [-0.2, 0) is 16.6 Å². The fourth-order valence-corrected chi connectivity index (χ4v) is 7.92. The van der Waals surface area contributed by atoms with E-state index in [2.05, 4.69) is 34.4 Å². The monoisotopic (exact) mass is 604 g/mol. The van der Waals surface area contributed by atoms with Crippen LogP contribution >= 0.6 is 11.3 Å². The molecule has 2 aliphatic heterocycles. The van der Waals surface area contributed by atoms with Gasteiger partial charge < -0.3 is 16.4 Å². The average Bonchev–Trinajstić information content (AvgIpc) is 3.28. The third kappa shape index (κ3) is 6.59. The summed E-state index contributed by atoms with van der Waals surface area (Å²) in [6.07, 6.45) is 1.03. The lowest BCUT2D eigenvalue weighted by Gasteiger charge is -2.36. The van der Waals surface area contributed by atoms with E-state index in [1.54, 1.807) is 12.1 Å². The second kappa shape index (κ2) is 12.1. The number of nitrogens with zero attached hydrogens (tertiary/aromatic N) is 3. The van der Waals surface area contributed by atoms with Crippen molar-refractivity contribution in [2.45, 2.75) is 56.3 Å². The lowest BCUT2D eigenvalue weighted by molar-refractivity contribution is 0.103. The molecule has 2 saturated heterocycles. The molecule has 1 aromatic heterocycles. The van der Waals surface area contributed by atoms with Crippen LogP contribution in [0, 0.1) is 11.6 Å². The van der Waals surface area contributed by atoms with Crippen LogP contribution in [0.5, 0.6) is 0 Å². The maximum atomic E-state index is 14.1. The molecule has 9 nitrogen and oxygen atoms in total. The van der Waals surface area contributed by atoms with Crippen molar-refractivity contribution < 1.29 is 22.0 Å². The van der Waals surface area contributed by atoms with E-state index in [1.165, 1.54) is 10.4 Å². The fraction of sp³-hybridized carbons (Fsp3) is 0.429. The number of hydrogen-bond acceptors (Lipinski definition) is 9. The molecule has 0 bridgehead atoms. The summed E-state index contributed by atoms with van der Waals surface area (Å²) in [6.45, 7) is 7.62. The zero-order valence-electron chi connectivity index (χ0n) is 22.9. The lowest BCUT2D eigenvalue weighted by Crippen LogP contribution is -2.53. The van der Waals surface area contributed by atoms with Crippen LogP contribution in [0.3, 0.4) is 0 Å². The number of piperidine rings is 1. The summed E-state index contributed by atoms with van der Waals surface area (Å²) in [7, 11) is -3.65. The van der Waals surface area contributed by atoms with Gasteiger partial charge in [-0.15, -0.1) is 0 Å². The quantitative estimate of drug-likeness (QED) is 0.333. The van der Waals surface area contributed by atoms with E-state index in [9.17, 15) is 22.0 Å². The molecule has 0 aliphatic carbocycles. The Morgan fingerprint density at radius 2 is 1.68 bits per heavy atom. The number of nitrogens with one attached hydrogen (secondary N) is 2. The SMILES string of the molecule is C[C@@H]1CN(Cc2ccc(S(=O)(=O)N3CCC(Nc4nc(N)c(C(=O)c5c(F)cccc5F)s4)CC3)cc2)C[C@H](C)N1. The van der Waals surface area contributed by atoms with Gasteiger partial charge in [0.15, 0.2) is 5.13 Å². The number of ketones is 1. The van der Waals surface area contributed by atoms with Gasteiger partial charge in [0.2, 0.25) is 15.8 Å². The predicted octanol–water partition coefficient (Wildman–Crippen LogP) is 3.68. The molecule has 41 heavy (non-hydrogen) atoms. The van der Waals surface area contributed by atoms with Gasteiger partial charge in [0.05, 0.1) is 10.5 Å². The standard InChI is InChI=1S/C28H34F2N6O3S2/c1-17-14-35(15-18(2)32-17)16-19-6-8-21(9-7-19)41(38,39)36-12-10-20(11-13-36)33-28-34-27(31)26(40-28)25(37)24-22(29)4-3-5-23(24)30/h3-9,17-18,20,32H,10-16,31H2,1-2H3,(H,33,34)/t17-,18+. The zero-order chi connectivity index (χ0) is 29.3. The van der Waals surface area contributed by atoms with Crippen LogP contribution in [0.2, 0.25) is 0 Å². The molecular formula is C28H34F2N6O3S2. The summed E-state index contributed by atoms with van der Waals surface area (Å²) in [6, 6.07) is 11.1. The summed E-state index contributed by atoms with van der Waals surface area (Å²) < 4.78 is 56.3. The Balaban J connectivity index is 1.17. The number of carbonyl (C=O) groups is 1. The zero-order valence-corrected chi connectivity index (χ0v) is 24.6. The van der Waals surface area contributed by atoms with Gasteiger partial charge in [-0.25, -0.2) is 22.2 Å². The Morgan fingerprint density at radius 3 is 2.29 bits per heavy atom. The van der Waals surface area contributed by atoms with E-state index >= 15 is 0 Å². The lowest BCUT2D eigenvalue weighted by atomic mass is 10.1. The Morgan fingerprint density at radius 1 is 1.07 bits per heavy atom. The van der Waals surface area contributed by atoms with Crippen LogP contribution < -0.4 is 16.4 Å². The number of piperazine rings is 1. The van der Waals surface area contributed by atoms with Gasteiger partial charge in [0.1, 0.15) is 22.3 Å². The first-order valence-corrected chi connectivity index (χ1v) is 15.9. The Hall–Kier alpha value is -2.97. The van der Waals surface area contributed by atoms with Crippen molar-refractivity contribution >= 4 is 38.1 Å². The number of rotatable bonds is 8. The number of aromatic nitrogens is 1. The maximum Gasteiger partial charge on any atom is 0.243 e. The van der Waals surface area contributed by atoms with Crippen molar-refractivity contribution in [1.29, 1.82) is 0 Å². The van der Waals surface area contributed by atoms with E-state index in [-0.39, 0.29) is 21.6 Å². The minimum absolute atomic E-state index is 0.0547. The summed E-state index contributed by atoms with van der Waals surface area (Å²) >= 11 is 0.922. The van der Waals surface area contributed by atoms with Crippen molar-refractivity contribution in [2.24, 2.45) is 0 Å². The summed E-state index contributed by atoms with van der Waals surface area (Å²) in [4.78, 5) is 19.5. The van der Waals surface area contributed by atoms with Gasteiger partial charge in [0.25, 0.3) is 0 Å². The first kappa shape index (κ1) is 29.5. The van der Waals surface area contributed by atoms with Gasteiger partial charge >= 0.3 is 0 Å². The minimum Gasteiger partial charge on any atom is -0.382 e. The molecule has 2 aromatic carbocycles. The third-order valence-corrected chi connectivity index (χ3v) is 10.3. The van der Waals surface area contributed by atoms with Gasteiger partial charge in [-0.05, 0) is 56.5 Å². The number of anilines is 2. The Kier molecular flexibility index (Phi) is 8.71. The molecule has 4 N–H and O–H groups in total. The highest BCUT2D eigenvalue weighted by atomic mass is 32.2. The van der Waals surface area contributed by atoms with Gasteiger partial charge in [-0.2, -0.15) is 4.31 Å². The molecule has 5 rings (SSSR count). The molecule has 0 unspecified atom stereocenters. The number of nitrogens with two attached hydrogens (primary N) is 1. The highest BCUT2D eigenvalue weighted by Gasteiger charge is 2.31. The van der Waals surface area contributed by atoms with E-state index < -0.39 is 33.0 Å². The average molecular weight is 605 g/mol. The van der Waals surface area contributed by atoms with Gasteiger partial charge in [0, 0.05) is 50.8 Å². The van der Waals surface area contributed by atoms with Gasteiger partial charge in [-0.1, -0.05) is 29.5 Å². The highest BCUT2D eigenvalue weighted by molar-refractivity contribution is 7.89. The molecule has 3 aromatic rings. The van der Waals surface area contributed by atoms with Crippen molar-refractivity contribution in [2.75, 3.05) is 37.2 Å². The molecule has 2 atom stereocenters. The molecule has 0 saturated carbocycles. The molecule has 220 valence electrons. The van der Waals surface area contributed by atoms with Crippen LogP contribution in [0.15, 0.2) is 47.4 Å². The smallest absolute Gasteiger partial charge is 0.243 e. The number of sulfonamides is 1. The number of carbonyl (C=O) groups excluding carboxylic acids is 1. The number of halogens is 2.